The van der Waals surface area contributed by atoms with Crippen LogP contribution < -0.4 is 4.90 Å². The highest BCUT2D eigenvalue weighted by Crippen LogP contribution is 2.39. The smallest absolute Gasteiger partial charge is 0.151 e. The third kappa shape index (κ3) is 3.26. The molecule has 0 amide bonds. The number of fused-ring (bicyclic) bond motifs is 1. The number of allylic oxidation sites excluding steroid dienone is 1. The van der Waals surface area contributed by atoms with E-state index < -0.39 is 17.5 Å². The van der Waals surface area contributed by atoms with Crippen LogP contribution in [0.25, 0.3) is 5.57 Å². The number of likely N-dealkylation sites (N-methyl/N-ethyl adjacent to an activating group) is 1. The maximum atomic E-state index is 14.6. The molecule has 0 N–H and O–H groups in total. The van der Waals surface area contributed by atoms with Gasteiger partial charge in [-0.1, -0.05) is 6.08 Å². The lowest BCUT2D eigenvalue weighted by Crippen LogP contribution is -2.45. The van der Waals surface area contributed by atoms with E-state index in [2.05, 4.69) is 29.8 Å². The molecule has 0 aliphatic carbocycles. The third-order valence-corrected chi connectivity index (χ3v) is 4.66. The topological polar surface area (TPSA) is 15.6 Å². The molecule has 1 aliphatic heterocycles. The first-order chi connectivity index (χ1) is 12.2. The Balaban J connectivity index is 2.04. The Morgan fingerprint density at radius 2 is 1.81 bits per heavy atom. The molecule has 2 nitrogen and oxygen atoms in total. The van der Waals surface area contributed by atoms with Gasteiger partial charge in [-0.2, -0.15) is 0 Å². The standard InChI is InChI=1S/C21H21F3N2/c1-5-26-20-10-17(23)14(8-16(20)13(2)11-21(26,3)4)12-25-19-7-6-15(22)9-18(19)24/h6-12H,5H2,1-4H3. The zero-order valence-electron chi connectivity index (χ0n) is 15.3. The summed E-state index contributed by atoms with van der Waals surface area (Å²) in [6.07, 6.45) is 3.42. The van der Waals surface area contributed by atoms with E-state index in [0.29, 0.717) is 0 Å². The molecule has 0 saturated heterocycles. The van der Waals surface area contributed by atoms with Gasteiger partial charge in [0.05, 0.1) is 11.2 Å². The largest absolute Gasteiger partial charge is 0.363 e. The maximum absolute atomic E-state index is 14.6. The van der Waals surface area contributed by atoms with Crippen molar-refractivity contribution in [2.24, 2.45) is 4.99 Å². The van der Waals surface area contributed by atoms with Gasteiger partial charge in [0.2, 0.25) is 0 Å². The second kappa shape index (κ2) is 6.63. The van der Waals surface area contributed by atoms with E-state index in [-0.39, 0.29) is 16.8 Å². The van der Waals surface area contributed by atoms with Crippen molar-refractivity contribution in [1.29, 1.82) is 0 Å². The van der Waals surface area contributed by atoms with Crippen LogP contribution in [0.2, 0.25) is 0 Å². The molecule has 0 unspecified atom stereocenters. The summed E-state index contributed by atoms with van der Waals surface area (Å²) in [6.45, 7) is 8.95. The molecule has 0 saturated carbocycles. The Morgan fingerprint density at radius 1 is 1.08 bits per heavy atom. The molecule has 0 spiro atoms. The van der Waals surface area contributed by atoms with Crippen LogP contribution >= 0.6 is 0 Å². The van der Waals surface area contributed by atoms with Crippen LogP contribution in [-0.4, -0.2) is 18.3 Å². The second-order valence-corrected chi connectivity index (χ2v) is 6.97. The van der Waals surface area contributed by atoms with Gasteiger partial charge in [0.1, 0.15) is 11.6 Å². The lowest BCUT2D eigenvalue weighted by Gasteiger charge is -2.42. The molecule has 5 heteroatoms. The predicted molar refractivity (Wildman–Crippen MR) is 101 cm³/mol. The van der Waals surface area contributed by atoms with Gasteiger partial charge in [0.15, 0.2) is 5.82 Å². The van der Waals surface area contributed by atoms with Crippen molar-refractivity contribution in [3.63, 3.8) is 0 Å². The summed E-state index contributed by atoms with van der Waals surface area (Å²) in [6, 6.07) is 6.32. The van der Waals surface area contributed by atoms with E-state index in [1.807, 2.05) is 13.8 Å². The number of halogens is 3. The highest BCUT2D eigenvalue weighted by molar-refractivity contribution is 5.89. The van der Waals surface area contributed by atoms with Crippen LogP contribution in [0.5, 0.6) is 0 Å². The van der Waals surface area contributed by atoms with Crippen LogP contribution in [0.15, 0.2) is 41.4 Å². The Labute approximate surface area is 151 Å². The number of aliphatic imine (C=N–C) groups is 1. The number of benzene rings is 2. The SMILES string of the molecule is CCN1c2cc(F)c(C=Nc3ccc(F)cc3F)cc2C(C)=CC1(C)C. The van der Waals surface area contributed by atoms with Gasteiger partial charge in [0.25, 0.3) is 0 Å². The van der Waals surface area contributed by atoms with Crippen LogP contribution in [0.4, 0.5) is 24.5 Å². The first-order valence-corrected chi connectivity index (χ1v) is 8.53. The Bertz CT molecular complexity index is 914. The molecular formula is C21H21F3N2. The van der Waals surface area contributed by atoms with Crippen LogP contribution in [0.3, 0.4) is 0 Å². The van der Waals surface area contributed by atoms with Crippen molar-refractivity contribution in [1.82, 2.24) is 0 Å². The molecule has 2 aromatic rings. The summed E-state index contributed by atoms with van der Waals surface area (Å²) in [5, 5.41) is 0. The summed E-state index contributed by atoms with van der Waals surface area (Å²) in [7, 11) is 0. The Kier molecular flexibility index (Phi) is 4.65. The fourth-order valence-corrected chi connectivity index (χ4v) is 3.52. The van der Waals surface area contributed by atoms with Crippen molar-refractivity contribution in [3.8, 4) is 0 Å². The van der Waals surface area contributed by atoms with Crippen LogP contribution in [-0.2, 0) is 0 Å². The first kappa shape index (κ1) is 18.2. The normalized spacial score (nSPS) is 16.0. The molecule has 136 valence electrons. The number of hydrogen-bond donors (Lipinski definition) is 0. The zero-order valence-corrected chi connectivity index (χ0v) is 15.3. The summed E-state index contributed by atoms with van der Waals surface area (Å²) >= 11 is 0. The maximum Gasteiger partial charge on any atom is 0.151 e. The molecule has 0 aromatic heterocycles. The van der Waals surface area contributed by atoms with E-state index in [9.17, 15) is 13.2 Å². The van der Waals surface area contributed by atoms with Crippen molar-refractivity contribution >= 4 is 23.2 Å². The number of hydrogen-bond acceptors (Lipinski definition) is 2. The predicted octanol–water partition coefficient (Wildman–Crippen LogP) is 5.88. The summed E-state index contributed by atoms with van der Waals surface area (Å²) in [5.41, 5.74) is 2.83. The van der Waals surface area contributed by atoms with Gasteiger partial charge in [-0.25, -0.2) is 13.2 Å². The zero-order chi connectivity index (χ0) is 19.1. The summed E-state index contributed by atoms with van der Waals surface area (Å²) in [4.78, 5) is 6.12. The first-order valence-electron chi connectivity index (χ1n) is 8.53. The summed E-state index contributed by atoms with van der Waals surface area (Å²) < 4.78 is 41.3. The number of nitrogens with zero attached hydrogens (tertiary/aromatic N) is 2. The molecule has 2 aromatic carbocycles. The summed E-state index contributed by atoms with van der Waals surface area (Å²) in [5.74, 6) is -1.89. The molecule has 3 rings (SSSR count). The van der Waals surface area contributed by atoms with E-state index in [4.69, 9.17) is 0 Å². The average Bonchev–Trinajstić information content (AvgIpc) is 2.54. The fraction of sp³-hybridized carbons (Fsp3) is 0.286. The van der Waals surface area contributed by atoms with Gasteiger partial charge in [0, 0.05) is 35.6 Å². The minimum atomic E-state index is -0.783. The molecule has 0 radical (unpaired) electrons. The lowest BCUT2D eigenvalue weighted by atomic mass is 9.88. The molecular weight excluding hydrogens is 337 g/mol. The monoisotopic (exact) mass is 358 g/mol. The van der Waals surface area contributed by atoms with Crippen molar-refractivity contribution in [3.05, 3.63) is 65.0 Å². The van der Waals surface area contributed by atoms with Crippen molar-refractivity contribution < 1.29 is 13.2 Å². The van der Waals surface area contributed by atoms with E-state index >= 15 is 0 Å². The molecule has 1 aliphatic rings. The minimum Gasteiger partial charge on any atom is -0.363 e. The van der Waals surface area contributed by atoms with Crippen LogP contribution in [0, 0.1) is 17.5 Å². The van der Waals surface area contributed by atoms with E-state index in [0.717, 1.165) is 35.5 Å². The van der Waals surface area contributed by atoms with E-state index in [1.54, 1.807) is 6.07 Å². The van der Waals surface area contributed by atoms with Crippen LogP contribution in [0.1, 0.15) is 38.8 Å². The van der Waals surface area contributed by atoms with E-state index in [1.165, 1.54) is 18.3 Å². The molecule has 0 fully saturated rings. The Morgan fingerprint density at radius 3 is 2.46 bits per heavy atom. The van der Waals surface area contributed by atoms with Gasteiger partial charge in [-0.05, 0) is 57.5 Å². The third-order valence-electron chi connectivity index (χ3n) is 4.66. The van der Waals surface area contributed by atoms with Gasteiger partial charge >= 0.3 is 0 Å². The Hall–Kier alpha value is -2.56. The highest BCUT2D eigenvalue weighted by atomic mass is 19.1. The molecule has 1 heterocycles. The quantitative estimate of drug-likeness (QED) is 0.626. The molecule has 0 atom stereocenters. The fourth-order valence-electron chi connectivity index (χ4n) is 3.52. The number of rotatable bonds is 3. The van der Waals surface area contributed by atoms with Gasteiger partial charge in [-0.15, -0.1) is 0 Å². The average molecular weight is 358 g/mol. The molecule has 26 heavy (non-hydrogen) atoms. The molecule has 0 bridgehead atoms. The van der Waals surface area contributed by atoms with Crippen molar-refractivity contribution in [2.75, 3.05) is 11.4 Å². The van der Waals surface area contributed by atoms with Crippen molar-refractivity contribution in [2.45, 2.75) is 33.2 Å². The number of anilines is 1. The highest BCUT2D eigenvalue weighted by Gasteiger charge is 2.30. The minimum absolute atomic E-state index is 0.0351. The van der Waals surface area contributed by atoms with Gasteiger partial charge in [-0.3, -0.25) is 4.99 Å². The second-order valence-electron chi connectivity index (χ2n) is 6.97. The van der Waals surface area contributed by atoms with Gasteiger partial charge < -0.3 is 4.90 Å². The lowest BCUT2D eigenvalue weighted by molar-refractivity contribution is 0.561.